The van der Waals surface area contributed by atoms with E-state index in [1.807, 2.05) is 12.1 Å². The van der Waals surface area contributed by atoms with E-state index in [-0.39, 0.29) is 17.8 Å². The molecule has 0 fully saturated rings. The predicted molar refractivity (Wildman–Crippen MR) is 69.3 cm³/mol. The van der Waals surface area contributed by atoms with Gasteiger partial charge in [0.05, 0.1) is 29.0 Å². The molecule has 17 heavy (non-hydrogen) atoms. The number of nitriles is 1. The fraction of sp³-hybridized carbons (Fsp3) is 0.167. The molecule has 0 aliphatic carbocycles. The highest BCUT2D eigenvalue weighted by atomic mass is 35.5. The van der Waals surface area contributed by atoms with Gasteiger partial charge in [-0.1, -0.05) is 12.1 Å². The van der Waals surface area contributed by atoms with Crippen molar-refractivity contribution in [1.29, 1.82) is 5.26 Å². The Morgan fingerprint density at radius 1 is 1.35 bits per heavy atom. The minimum Gasteiger partial charge on any atom is -0.347 e. The molecule has 5 heteroatoms. The number of H-pyrrole nitrogens is 1. The fourth-order valence-electron chi connectivity index (χ4n) is 1.47. The third kappa shape index (κ3) is 3.48. The molecule has 2 rings (SSSR count). The monoisotopic (exact) mass is 267 g/mol. The van der Waals surface area contributed by atoms with Gasteiger partial charge in [-0.3, -0.25) is 0 Å². The van der Waals surface area contributed by atoms with Crippen molar-refractivity contribution < 1.29 is 0 Å². The van der Waals surface area contributed by atoms with Crippen LogP contribution in [0, 0.1) is 11.3 Å². The van der Waals surface area contributed by atoms with Gasteiger partial charge in [-0.05, 0) is 24.1 Å². The lowest BCUT2D eigenvalue weighted by Gasteiger charge is -2.06. The van der Waals surface area contributed by atoms with Crippen LogP contribution < -0.4 is 0 Å². The highest BCUT2D eigenvalue weighted by molar-refractivity contribution is 6.20. The minimum absolute atomic E-state index is 0. The Balaban J connectivity index is 0.00000144. The van der Waals surface area contributed by atoms with Gasteiger partial charge in [0, 0.05) is 6.20 Å². The van der Waals surface area contributed by atoms with Crippen LogP contribution in [0.5, 0.6) is 0 Å². The van der Waals surface area contributed by atoms with Crippen LogP contribution in [0.2, 0.25) is 0 Å². The van der Waals surface area contributed by atoms with E-state index >= 15 is 0 Å². The van der Waals surface area contributed by atoms with E-state index in [9.17, 15) is 0 Å². The summed E-state index contributed by atoms with van der Waals surface area (Å²) in [5.41, 5.74) is 2.68. The van der Waals surface area contributed by atoms with Gasteiger partial charge in [-0.2, -0.15) is 5.26 Å². The Morgan fingerprint density at radius 3 is 2.59 bits per heavy atom. The van der Waals surface area contributed by atoms with Crippen molar-refractivity contribution in [1.82, 2.24) is 9.97 Å². The van der Waals surface area contributed by atoms with Gasteiger partial charge in [0.2, 0.25) is 0 Å². The Labute approximate surface area is 111 Å². The van der Waals surface area contributed by atoms with Crippen LogP contribution >= 0.6 is 24.0 Å². The number of hydrogen-bond donors (Lipinski definition) is 1. The standard InChI is InChI=1S/C12H10ClN3.ClH/c13-11(12-7-15-8-16-12)5-9-1-3-10(6-14)4-2-9;/h1-4,7-8,11H,5H2,(H,15,16);1H. The lowest BCUT2D eigenvalue weighted by atomic mass is 10.1. The number of benzene rings is 1. The summed E-state index contributed by atoms with van der Waals surface area (Å²) >= 11 is 6.22. The first-order valence-corrected chi connectivity index (χ1v) is 5.34. The Kier molecular flexibility index (Phi) is 5.02. The molecule has 0 bridgehead atoms. The average Bonchev–Trinajstić information content (AvgIpc) is 2.83. The summed E-state index contributed by atoms with van der Waals surface area (Å²) < 4.78 is 0. The van der Waals surface area contributed by atoms with Crippen LogP contribution in [0.3, 0.4) is 0 Å². The van der Waals surface area contributed by atoms with E-state index in [1.54, 1.807) is 24.7 Å². The first kappa shape index (κ1) is 13.6. The molecule has 0 radical (unpaired) electrons. The smallest absolute Gasteiger partial charge is 0.0991 e. The normalized spacial score (nSPS) is 11.3. The van der Waals surface area contributed by atoms with Crippen molar-refractivity contribution in [2.75, 3.05) is 0 Å². The molecule has 1 unspecified atom stereocenters. The lowest BCUT2D eigenvalue weighted by Crippen LogP contribution is -1.96. The van der Waals surface area contributed by atoms with Crippen molar-refractivity contribution in [2.24, 2.45) is 0 Å². The average molecular weight is 268 g/mol. The number of halogens is 2. The molecule has 0 spiro atoms. The highest BCUT2D eigenvalue weighted by Gasteiger charge is 2.09. The third-order valence-corrected chi connectivity index (χ3v) is 2.74. The SMILES string of the molecule is Cl.N#Cc1ccc(CC(Cl)c2cnc[nH]2)cc1. The molecule has 1 aromatic carbocycles. The summed E-state index contributed by atoms with van der Waals surface area (Å²) in [6.45, 7) is 0. The summed E-state index contributed by atoms with van der Waals surface area (Å²) in [6, 6.07) is 9.52. The van der Waals surface area contributed by atoms with Crippen molar-refractivity contribution in [3.05, 3.63) is 53.6 Å². The summed E-state index contributed by atoms with van der Waals surface area (Å²) in [4.78, 5) is 6.91. The van der Waals surface area contributed by atoms with Gasteiger partial charge >= 0.3 is 0 Å². The molecule has 0 amide bonds. The molecule has 1 aromatic heterocycles. The number of rotatable bonds is 3. The summed E-state index contributed by atoms with van der Waals surface area (Å²) in [6.07, 6.45) is 4.06. The van der Waals surface area contributed by atoms with E-state index in [2.05, 4.69) is 16.0 Å². The Bertz CT molecular complexity index is 485. The van der Waals surface area contributed by atoms with Gasteiger partial charge in [0.1, 0.15) is 0 Å². The molecule has 0 aliphatic rings. The lowest BCUT2D eigenvalue weighted by molar-refractivity contribution is 0.887. The molecule has 1 N–H and O–H groups in total. The zero-order valence-electron chi connectivity index (χ0n) is 8.93. The second-order valence-corrected chi connectivity index (χ2v) is 4.01. The van der Waals surface area contributed by atoms with Gasteiger partial charge in [0.25, 0.3) is 0 Å². The maximum absolute atomic E-state index is 8.67. The Morgan fingerprint density at radius 2 is 2.06 bits per heavy atom. The molecule has 88 valence electrons. The Hall–Kier alpha value is -1.50. The molecule has 3 nitrogen and oxygen atoms in total. The zero-order chi connectivity index (χ0) is 11.4. The van der Waals surface area contributed by atoms with E-state index < -0.39 is 0 Å². The van der Waals surface area contributed by atoms with Crippen LogP contribution in [-0.2, 0) is 6.42 Å². The first-order chi connectivity index (χ1) is 7.79. The van der Waals surface area contributed by atoms with Crippen molar-refractivity contribution in [3.63, 3.8) is 0 Å². The molecule has 1 heterocycles. The van der Waals surface area contributed by atoms with Gasteiger partial charge < -0.3 is 4.98 Å². The van der Waals surface area contributed by atoms with Crippen LogP contribution in [-0.4, -0.2) is 9.97 Å². The number of hydrogen-bond acceptors (Lipinski definition) is 2. The molecular weight excluding hydrogens is 257 g/mol. The molecule has 0 aliphatic heterocycles. The van der Waals surface area contributed by atoms with E-state index in [0.29, 0.717) is 5.56 Å². The maximum Gasteiger partial charge on any atom is 0.0991 e. The van der Waals surface area contributed by atoms with Crippen LogP contribution in [0.4, 0.5) is 0 Å². The van der Waals surface area contributed by atoms with E-state index in [4.69, 9.17) is 16.9 Å². The minimum atomic E-state index is -0.115. The number of alkyl halides is 1. The molecule has 2 aromatic rings. The van der Waals surface area contributed by atoms with Gasteiger partial charge in [-0.15, -0.1) is 24.0 Å². The topological polar surface area (TPSA) is 52.5 Å². The van der Waals surface area contributed by atoms with Crippen LogP contribution in [0.1, 0.15) is 22.2 Å². The van der Waals surface area contributed by atoms with Crippen molar-refractivity contribution in [2.45, 2.75) is 11.8 Å². The first-order valence-electron chi connectivity index (χ1n) is 4.91. The number of nitrogens with one attached hydrogen (secondary N) is 1. The number of imidazole rings is 1. The number of nitrogens with zero attached hydrogens (tertiary/aromatic N) is 2. The molecular formula is C12H11Cl2N3. The summed E-state index contributed by atoms with van der Waals surface area (Å²) in [5, 5.41) is 8.56. The molecule has 1 atom stereocenters. The molecule has 0 saturated carbocycles. The van der Waals surface area contributed by atoms with Crippen molar-refractivity contribution in [3.8, 4) is 6.07 Å². The van der Waals surface area contributed by atoms with Gasteiger partial charge in [-0.25, -0.2) is 4.98 Å². The maximum atomic E-state index is 8.67. The summed E-state index contributed by atoms with van der Waals surface area (Å²) in [7, 11) is 0. The third-order valence-electron chi connectivity index (χ3n) is 2.35. The van der Waals surface area contributed by atoms with Crippen molar-refractivity contribution >= 4 is 24.0 Å². The predicted octanol–water partition coefficient (Wildman–Crippen LogP) is 3.23. The van der Waals surface area contributed by atoms with Crippen LogP contribution in [0.15, 0.2) is 36.8 Å². The number of aromatic nitrogens is 2. The molecule has 0 saturated heterocycles. The largest absolute Gasteiger partial charge is 0.347 e. The zero-order valence-corrected chi connectivity index (χ0v) is 10.5. The van der Waals surface area contributed by atoms with E-state index in [1.165, 1.54) is 0 Å². The second kappa shape index (κ2) is 6.29. The van der Waals surface area contributed by atoms with Gasteiger partial charge in [0.15, 0.2) is 0 Å². The number of aromatic amines is 1. The summed E-state index contributed by atoms with van der Waals surface area (Å²) in [5.74, 6) is 0. The second-order valence-electron chi connectivity index (χ2n) is 3.49. The van der Waals surface area contributed by atoms with Crippen LogP contribution in [0.25, 0.3) is 0 Å². The highest BCUT2D eigenvalue weighted by Crippen LogP contribution is 2.22. The van der Waals surface area contributed by atoms with E-state index in [0.717, 1.165) is 17.7 Å². The quantitative estimate of drug-likeness (QED) is 0.869. The fourth-order valence-corrected chi connectivity index (χ4v) is 1.77.